The van der Waals surface area contributed by atoms with Crippen molar-refractivity contribution in [1.82, 2.24) is 4.90 Å². The van der Waals surface area contributed by atoms with Crippen molar-refractivity contribution in [2.45, 2.75) is 26.7 Å². The van der Waals surface area contributed by atoms with Crippen LogP contribution in [0, 0.1) is 0 Å². The third-order valence-corrected chi connectivity index (χ3v) is 1.48. The summed E-state index contributed by atoms with van der Waals surface area (Å²) in [6.07, 6.45) is 2.39. The summed E-state index contributed by atoms with van der Waals surface area (Å²) in [5.41, 5.74) is 0. The topological polar surface area (TPSA) is 23.5 Å². The first-order valence-electron chi connectivity index (χ1n) is 3.68. The molecule has 0 aromatic heterocycles. The highest BCUT2D eigenvalue weighted by Gasteiger charge is 1.95. The van der Waals surface area contributed by atoms with Gasteiger partial charge >= 0.3 is 0 Å². The predicted octanol–water partition coefficient (Wildman–Crippen LogP) is 1.06. The van der Waals surface area contributed by atoms with Crippen molar-refractivity contribution in [3.63, 3.8) is 0 Å². The molecule has 0 aliphatic heterocycles. The van der Waals surface area contributed by atoms with Gasteiger partial charge in [0.1, 0.15) is 0 Å². The second-order valence-corrected chi connectivity index (χ2v) is 2.21. The van der Waals surface area contributed by atoms with E-state index < -0.39 is 0 Å². The van der Waals surface area contributed by atoms with E-state index in [9.17, 15) is 0 Å². The van der Waals surface area contributed by atoms with Gasteiger partial charge in [0.15, 0.2) is 0 Å². The molecule has 0 spiro atoms. The van der Waals surface area contributed by atoms with Gasteiger partial charge in [0, 0.05) is 6.54 Å². The molecule has 0 saturated carbocycles. The Kier molecular flexibility index (Phi) is 5.99. The van der Waals surface area contributed by atoms with Gasteiger partial charge in [-0.2, -0.15) is 0 Å². The van der Waals surface area contributed by atoms with Crippen molar-refractivity contribution in [2.24, 2.45) is 0 Å². The molecule has 0 amide bonds. The van der Waals surface area contributed by atoms with Crippen LogP contribution in [0.3, 0.4) is 0 Å². The van der Waals surface area contributed by atoms with Crippen LogP contribution in [-0.4, -0.2) is 29.8 Å². The van der Waals surface area contributed by atoms with E-state index in [4.69, 9.17) is 5.11 Å². The van der Waals surface area contributed by atoms with E-state index in [1.165, 1.54) is 12.8 Å². The maximum Gasteiger partial charge on any atom is 0.0956 e. The fraction of sp³-hybridized carbons (Fsp3) is 1.00. The minimum Gasteiger partial charge on any atom is -0.381 e. The third-order valence-electron chi connectivity index (χ3n) is 1.48. The number of nitrogens with zero attached hydrogens (tertiary/aromatic N) is 1. The van der Waals surface area contributed by atoms with Gasteiger partial charge in [-0.05, 0) is 13.0 Å². The average molecular weight is 131 g/mol. The van der Waals surface area contributed by atoms with Gasteiger partial charge in [-0.3, -0.25) is 4.90 Å². The SMILES string of the molecule is CCCCN(CC)CO. The zero-order chi connectivity index (χ0) is 7.11. The molecule has 0 fully saturated rings. The van der Waals surface area contributed by atoms with Crippen molar-refractivity contribution >= 4 is 0 Å². The summed E-state index contributed by atoms with van der Waals surface area (Å²) in [4.78, 5) is 2.02. The molecule has 0 aromatic carbocycles. The van der Waals surface area contributed by atoms with E-state index in [0.29, 0.717) is 0 Å². The highest BCUT2D eigenvalue weighted by molar-refractivity contribution is 4.47. The largest absolute Gasteiger partial charge is 0.381 e. The van der Waals surface area contributed by atoms with Crippen LogP contribution in [0.5, 0.6) is 0 Å². The van der Waals surface area contributed by atoms with Gasteiger partial charge in [0.25, 0.3) is 0 Å². The number of aliphatic hydroxyl groups excluding tert-OH is 1. The third kappa shape index (κ3) is 4.43. The van der Waals surface area contributed by atoms with Crippen LogP contribution < -0.4 is 0 Å². The maximum atomic E-state index is 8.68. The zero-order valence-corrected chi connectivity index (χ0v) is 6.43. The molecule has 1 N–H and O–H groups in total. The summed E-state index contributed by atoms with van der Waals surface area (Å²) >= 11 is 0. The summed E-state index contributed by atoms with van der Waals surface area (Å²) in [6.45, 7) is 6.41. The lowest BCUT2D eigenvalue weighted by molar-refractivity contribution is 0.111. The fourth-order valence-electron chi connectivity index (χ4n) is 0.711. The zero-order valence-electron chi connectivity index (χ0n) is 6.43. The predicted molar refractivity (Wildman–Crippen MR) is 39.2 cm³/mol. The summed E-state index contributed by atoms with van der Waals surface area (Å²) in [5.74, 6) is 0. The second kappa shape index (κ2) is 6.05. The molecule has 0 heterocycles. The smallest absolute Gasteiger partial charge is 0.0956 e. The van der Waals surface area contributed by atoms with Gasteiger partial charge in [0.05, 0.1) is 6.73 Å². The van der Waals surface area contributed by atoms with Gasteiger partial charge in [-0.15, -0.1) is 0 Å². The monoisotopic (exact) mass is 131 g/mol. The maximum absolute atomic E-state index is 8.68. The van der Waals surface area contributed by atoms with Crippen LogP contribution in [0.1, 0.15) is 26.7 Å². The molecule has 9 heavy (non-hydrogen) atoms. The van der Waals surface area contributed by atoms with Gasteiger partial charge < -0.3 is 5.11 Å². The first kappa shape index (κ1) is 8.92. The molecule has 0 saturated heterocycles. The summed E-state index contributed by atoms with van der Waals surface area (Å²) in [6, 6.07) is 0. The number of aliphatic hydroxyl groups is 1. The molecule has 0 rings (SSSR count). The number of hydrogen-bond donors (Lipinski definition) is 1. The Labute approximate surface area is 57.5 Å². The molecule has 56 valence electrons. The fourth-order valence-corrected chi connectivity index (χ4v) is 0.711. The Balaban J connectivity index is 3.09. The first-order chi connectivity index (χ1) is 4.35. The Hall–Kier alpha value is -0.0800. The molecule has 2 nitrogen and oxygen atoms in total. The minimum atomic E-state index is 0.205. The Morgan fingerprint density at radius 2 is 2.00 bits per heavy atom. The average Bonchev–Trinajstić information content (AvgIpc) is 1.91. The second-order valence-electron chi connectivity index (χ2n) is 2.21. The molecule has 0 aliphatic rings. The van der Waals surface area contributed by atoms with Crippen LogP contribution >= 0.6 is 0 Å². The normalized spacial score (nSPS) is 10.7. The van der Waals surface area contributed by atoms with Crippen LogP contribution in [0.25, 0.3) is 0 Å². The van der Waals surface area contributed by atoms with E-state index in [-0.39, 0.29) is 6.73 Å². The van der Waals surface area contributed by atoms with Crippen LogP contribution in [0.15, 0.2) is 0 Å². The Morgan fingerprint density at radius 3 is 2.33 bits per heavy atom. The molecule has 0 aliphatic carbocycles. The Morgan fingerprint density at radius 1 is 1.33 bits per heavy atom. The Bertz CT molecular complexity index is 52.9. The molecule has 0 unspecified atom stereocenters. The molecule has 2 heteroatoms. The van der Waals surface area contributed by atoms with E-state index in [1.54, 1.807) is 0 Å². The molecule has 0 bridgehead atoms. The van der Waals surface area contributed by atoms with Crippen molar-refractivity contribution in [2.75, 3.05) is 19.8 Å². The standard InChI is InChI=1S/C7H17NO/c1-3-5-6-8(4-2)7-9/h9H,3-7H2,1-2H3. The van der Waals surface area contributed by atoms with Crippen LogP contribution in [-0.2, 0) is 0 Å². The van der Waals surface area contributed by atoms with Gasteiger partial charge in [-0.25, -0.2) is 0 Å². The minimum absolute atomic E-state index is 0.205. The first-order valence-corrected chi connectivity index (χ1v) is 3.68. The molecule has 0 radical (unpaired) electrons. The summed E-state index contributed by atoms with van der Waals surface area (Å²) in [7, 11) is 0. The number of rotatable bonds is 5. The van der Waals surface area contributed by atoms with E-state index in [2.05, 4.69) is 13.8 Å². The van der Waals surface area contributed by atoms with Crippen molar-refractivity contribution in [3.05, 3.63) is 0 Å². The van der Waals surface area contributed by atoms with Crippen molar-refractivity contribution in [1.29, 1.82) is 0 Å². The number of hydrogen-bond acceptors (Lipinski definition) is 2. The lowest BCUT2D eigenvalue weighted by Crippen LogP contribution is -2.25. The summed E-state index contributed by atoms with van der Waals surface area (Å²) < 4.78 is 0. The summed E-state index contributed by atoms with van der Waals surface area (Å²) in [5, 5.41) is 8.68. The van der Waals surface area contributed by atoms with Crippen molar-refractivity contribution in [3.8, 4) is 0 Å². The van der Waals surface area contributed by atoms with Gasteiger partial charge in [0.2, 0.25) is 0 Å². The number of unbranched alkanes of at least 4 members (excludes halogenated alkanes) is 1. The lowest BCUT2D eigenvalue weighted by atomic mass is 10.3. The van der Waals surface area contributed by atoms with E-state index >= 15 is 0 Å². The molecule has 0 aromatic rings. The quantitative estimate of drug-likeness (QED) is 0.564. The molecule has 0 atom stereocenters. The molecular weight excluding hydrogens is 114 g/mol. The highest BCUT2D eigenvalue weighted by Crippen LogP contribution is 1.91. The highest BCUT2D eigenvalue weighted by atomic mass is 16.3. The van der Waals surface area contributed by atoms with E-state index in [1.807, 2.05) is 4.90 Å². The molecular formula is C7H17NO. The van der Waals surface area contributed by atoms with Gasteiger partial charge in [-0.1, -0.05) is 20.3 Å². The lowest BCUT2D eigenvalue weighted by Gasteiger charge is -2.15. The van der Waals surface area contributed by atoms with E-state index in [0.717, 1.165) is 13.1 Å². The van der Waals surface area contributed by atoms with Crippen molar-refractivity contribution < 1.29 is 5.11 Å². The van der Waals surface area contributed by atoms with Crippen LogP contribution in [0.2, 0.25) is 0 Å². The van der Waals surface area contributed by atoms with Crippen LogP contribution in [0.4, 0.5) is 0 Å².